The van der Waals surface area contributed by atoms with Crippen molar-refractivity contribution in [2.75, 3.05) is 12.4 Å². The Bertz CT molecular complexity index is 774. The average Bonchev–Trinajstić information content (AvgIpc) is 2.60. The number of allylic oxidation sites excluding steroid dienone is 1. The predicted molar refractivity (Wildman–Crippen MR) is 94.5 cm³/mol. The van der Waals surface area contributed by atoms with Gasteiger partial charge in [-0.3, -0.25) is 4.79 Å². The molecule has 1 aromatic heterocycles. The molecule has 0 fully saturated rings. The van der Waals surface area contributed by atoms with Gasteiger partial charge in [0.25, 0.3) is 5.56 Å². The number of benzene rings is 1. The molecule has 23 heavy (non-hydrogen) atoms. The zero-order chi connectivity index (χ0) is 16.8. The Morgan fingerprint density at radius 2 is 1.96 bits per heavy atom. The summed E-state index contributed by atoms with van der Waals surface area (Å²) in [6.45, 7) is 4.35. The van der Waals surface area contributed by atoms with E-state index in [1.807, 2.05) is 38.1 Å². The lowest BCUT2D eigenvalue weighted by Crippen LogP contribution is -2.20. The predicted octanol–water partition coefficient (Wildman–Crippen LogP) is 3.51. The fraction of sp³-hybridized carbons (Fsp3) is 0.222. The first-order valence-electron chi connectivity index (χ1n) is 7.42. The minimum atomic E-state index is -0.0448. The third-order valence-corrected chi connectivity index (χ3v) is 3.55. The van der Waals surface area contributed by atoms with Crippen molar-refractivity contribution in [3.05, 3.63) is 58.5 Å². The Morgan fingerprint density at radius 1 is 1.26 bits per heavy atom. The number of hydrogen-bond acceptors (Lipinski definition) is 4. The summed E-state index contributed by atoms with van der Waals surface area (Å²) in [5, 5.41) is 10.4. The lowest BCUT2D eigenvalue weighted by molar-refractivity contribution is 0.415. The number of rotatable bonds is 6. The fourth-order valence-electron chi connectivity index (χ4n) is 2.30. The van der Waals surface area contributed by atoms with Crippen LogP contribution in [0.15, 0.2) is 53.0 Å². The molecule has 0 aliphatic rings. The third kappa shape index (κ3) is 3.69. The van der Waals surface area contributed by atoms with Crippen molar-refractivity contribution in [3.8, 4) is 17.0 Å². The summed E-state index contributed by atoms with van der Waals surface area (Å²) in [5.41, 5.74) is 3.31. The SMILES string of the molecule is CCn1c(-c2ccc(OC)cc2)c(N/C=C(/C)C=N)ccc1=O. The van der Waals surface area contributed by atoms with Crippen LogP contribution in [0, 0.1) is 5.41 Å². The molecule has 1 heterocycles. The van der Waals surface area contributed by atoms with Crippen LogP contribution in [0.2, 0.25) is 0 Å². The van der Waals surface area contributed by atoms with E-state index in [4.69, 9.17) is 10.1 Å². The molecule has 5 nitrogen and oxygen atoms in total. The lowest BCUT2D eigenvalue weighted by Gasteiger charge is -2.16. The Kier molecular flexibility index (Phi) is 5.36. The second-order valence-electron chi connectivity index (χ2n) is 5.08. The number of ether oxygens (including phenoxy) is 1. The second kappa shape index (κ2) is 7.45. The Hall–Kier alpha value is -2.82. The third-order valence-electron chi connectivity index (χ3n) is 3.55. The Morgan fingerprint density at radius 3 is 2.52 bits per heavy atom. The summed E-state index contributed by atoms with van der Waals surface area (Å²) in [7, 11) is 1.62. The van der Waals surface area contributed by atoms with Gasteiger partial charge in [-0.2, -0.15) is 0 Å². The summed E-state index contributed by atoms with van der Waals surface area (Å²) < 4.78 is 6.91. The Labute approximate surface area is 135 Å². The quantitative estimate of drug-likeness (QED) is 0.802. The van der Waals surface area contributed by atoms with Gasteiger partial charge in [0.15, 0.2) is 0 Å². The van der Waals surface area contributed by atoms with Crippen molar-refractivity contribution in [1.82, 2.24) is 4.57 Å². The molecule has 2 N–H and O–H groups in total. The number of anilines is 1. The van der Waals surface area contributed by atoms with E-state index in [2.05, 4.69) is 5.32 Å². The summed E-state index contributed by atoms with van der Waals surface area (Å²) >= 11 is 0. The standard InChI is InChI=1S/C18H21N3O2/c1-4-21-17(22)10-9-16(20-12-13(2)11-19)18(21)14-5-7-15(23-3)8-6-14/h5-12,19-20H,4H2,1-3H3/b13-12-,19-11?. The van der Waals surface area contributed by atoms with Crippen LogP contribution in [0.4, 0.5) is 5.69 Å². The van der Waals surface area contributed by atoms with Crippen LogP contribution in [0.25, 0.3) is 11.3 Å². The molecular formula is C18H21N3O2. The highest BCUT2D eigenvalue weighted by molar-refractivity contribution is 5.78. The van der Waals surface area contributed by atoms with E-state index >= 15 is 0 Å². The van der Waals surface area contributed by atoms with E-state index in [0.29, 0.717) is 6.54 Å². The van der Waals surface area contributed by atoms with Crippen LogP contribution in [-0.4, -0.2) is 17.9 Å². The van der Waals surface area contributed by atoms with Crippen LogP contribution < -0.4 is 15.6 Å². The normalized spacial score (nSPS) is 11.2. The summed E-state index contributed by atoms with van der Waals surface area (Å²) in [4.78, 5) is 12.2. The van der Waals surface area contributed by atoms with Gasteiger partial charge < -0.3 is 20.0 Å². The topological polar surface area (TPSA) is 67.1 Å². The summed E-state index contributed by atoms with van der Waals surface area (Å²) in [6, 6.07) is 10.9. The minimum Gasteiger partial charge on any atom is -0.497 e. The first kappa shape index (κ1) is 16.5. The van der Waals surface area contributed by atoms with Gasteiger partial charge in [0, 0.05) is 30.6 Å². The second-order valence-corrected chi connectivity index (χ2v) is 5.08. The molecule has 1 aromatic carbocycles. The van der Waals surface area contributed by atoms with Crippen molar-refractivity contribution < 1.29 is 4.74 Å². The van der Waals surface area contributed by atoms with E-state index in [1.54, 1.807) is 30.0 Å². The van der Waals surface area contributed by atoms with Crippen molar-refractivity contribution >= 4 is 11.9 Å². The zero-order valence-electron chi connectivity index (χ0n) is 13.6. The smallest absolute Gasteiger partial charge is 0.251 e. The first-order chi connectivity index (χ1) is 11.1. The van der Waals surface area contributed by atoms with Gasteiger partial charge in [0.1, 0.15) is 5.75 Å². The van der Waals surface area contributed by atoms with E-state index in [0.717, 1.165) is 28.3 Å². The lowest BCUT2D eigenvalue weighted by atomic mass is 10.1. The van der Waals surface area contributed by atoms with E-state index in [1.165, 1.54) is 6.21 Å². The van der Waals surface area contributed by atoms with E-state index in [9.17, 15) is 4.79 Å². The molecule has 0 bridgehead atoms. The number of methoxy groups -OCH3 is 1. The van der Waals surface area contributed by atoms with Gasteiger partial charge in [-0.1, -0.05) is 0 Å². The van der Waals surface area contributed by atoms with Crippen LogP contribution in [0.1, 0.15) is 13.8 Å². The van der Waals surface area contributed by atoms with Gasteiger partial charge in [-0.15, -0.1) is 0 Å². The molecule has 0 atom stereocenters. The zero-order valence-corrected chi connectivity index (χ0v) is 13.6. The fourth-order valence-corrected chi connectivity index (χ4v) is 2.30. The molecule has 0 radical (unpaired) electrons. The van der Waals surface area contributed by atoms with Gasteiger partial charge in [-0.05, 0) is 49.8 Å². The van der Waals surface area contributed by atoms with Gasteiger partial charge in [0.2, 0.25) is 0 Å². The number of aromatic nitrogens is 1. The highest BCUT2D eigenvalue weighted by atomic mass is 16.5. The van der Waals surface area contributed by atoms with Crippen molar-refractivity contribution in [3.63, 3.8) is 0 Å². The molecule has 0 aliphatic heterocycles. The summed E-state index contributed by atoms with van der Waals surface area (Å²) in [6.07, 6.45) is 3.02. The van der Waals surface area contributed by atoms with Crippen molar-refractivity contribution in [2.24, 2.45) is 0 Å². The molecule has 0 saturated heterocycles. The molecule has 5 heteroatoms. The molecule has 0 saturated carbocycles. The molecule has 0 aliphatic carbocycles. The Balaban J connectivity index is 2.58. The minimum absolute atomic E-state index is 0.0448. The molecule has 2 rings (SSSR count). The highest BCUT2D eigenvalue weighted by Crippen LogP contribution is 2.28. The number of nitrogens with one attached hydrogen (secondary N) is 2. The van der Waals surface area contributed by atoms with Crippen LogP contribution >= 0.6 is 0 Å². The molecule has 0 spiro atoms. The number of nitrogens with zero attached hydrogens (tertiary/aromatic N) is 1. The van der Waals surface area contributed by atoms with E-state index in [-0.39, 0.29) is 5.56 Å². The average molecular weight is 311 g/mol. The van der Waals surface area contributed by atoms with Gasteiger partial charge >= 0.3 is 0 Å². The van der Waals surface area contributed by atoms with Gasteiger partial charge in [-0.25, -0.2) is 0 Å². The number of hydrogen-bond donors (Lipinski definition) is 2. The molecule has 0 unspecified atom stereocenters. The largest absolute Gasteiger partial charge is 0.497 e. The molecule has 2 aromatic rings. The monoisotopic (exact) mass is 311 g/mol. The van der Waals surface area contributed by atoms with Crippen molar-refractivity contribution in [1.29, 1.82) is 5.41 Å². The maximum Gasteiger partial charge on any atom is 0.251 e. The molecule has 120 valence electrons. The van der Waals surface area contributed by atoms with Crippen LogP contribution in [-0.2, 0) is 6.54 Å². The van der Waals surface area contributed by atoms with Crippen LogP contribution in [0.5, 0.6) is 5.75 Å². The van der Waals surface area contributed by atoms with E-state index < -0.39 is 0 Å². The first-order valence-corrected chi connectivity index (χ1v) is 7.42. The van der Waals surface area contributed by atoms with Gasteiger partial charge in [0.05, 0.1) is 18.5 Å². The highest BCUT2D eigenvalue weighted by Gasteiger charge is 2.11. The molecular weight excluding hydrogens is 290 g/mol. The van der Waals surface area contributed by atoms with Crippen LogP contribution in [0.3, 0.4) is 0 Å². The van der Waals surface area contributed by atoms with Crippen molar-refractivity contribution in [2.45, 2.75) is 20.4 Å². The summed E-state index contributed by atoms with van der Waals surface area (Å²) in [5.74, 6) is 0.768. The maximum absolute atomic E-state index is 12.2. The number of pyridine rings is 1. The maximum atomic E-state index is 12.2. The molecule has 0 amide bonds.